The Hall–Kier alpha value is -5.62. The molecule has 5 aromatic carbocycles. The van der Waals surface area contributed by atoms with Crippen LogP contribution in [0.15, 0.2) is 144 Å². The highest BCUT2D eigenvalue weighted by Crippen LogP contribution is 2.41. The lowest BCUT2D eigenvalue weighted by Gasteiger charge is -2.34. The second-order valence-electron chi connectivity index (χ2n) is 10.7. The minimum atomic E-state index is -0.922. The van der Waals surface area contributed by atoms with Crippen LogP contribution in [-0.4, -0.2) is 24.8 Å². The Morgan fingerprint density at radius 2 is 1.09 bits per heavy atom. The van der Waals surface area contributed by atoms with Gasteiger partial charge in [-0.3, -0.25) is 4.79 Å². The van der Waals surface area contributed by atoms with Gasteiger partial charge in [0.25, 0.3) is 5.56 Å². The third-order valence-electron chi connectivity index (χ3n) is 8.14. The maximum Gasteiger partial charge on any atom is 0.258 e. The fraction of sp³-hybridized carbons (Fsp3) is 0.0811. The zero-order valence-electron chi connectivity index (χ0n) is 23.9. The summed E-state index contributed by atoms with van der Waals surface area (Å²) in [7, 11) is 1.78. The van der Waals surface area contributed by atoms with Crippen LogP contribution in [0.2, 0.25) is 0 Å². The van der Waals surface area contributed by atoms with E-state index in [0.717, 1.165) is 38.8 Å². The van der Waals surface area contributed by atoms with Gasteiger partial charge >= 0.3 is 0 Å². The molecule has 0 saturated carbocycles. The average molecular weight is 560 g/mol. The van der Waals surface area contributed by atoms with Crippen molar-refractivity contribution in [3.63, 3.8) is 0 Å². The van der Waals surface area contributed by atoms with Crippen LogP contribution in [-0.2, 0) is 12.6 Å². The van der Waals surface area contributed by atoms with E-state index in [1.165, 1.54) is 0 Å². The Morgan fingerprint density at radius 3 is 1.63 bits per heavy atom. The Labute approximate surface area is 249 Å². The van der Waals surface area contributed by atoms with Crippen LogP contribution in [0.25, 0.3) is 33.4 Å². The molecule has 2 heterocycles. The van der Waals surface area contributed by atoms with Gasteiger partial charge < -0.3 is 4.57 Å². The predicted octanol–water partition coefficient (Wildman–Crippen LogP) is 7.01. The zero-order valence-corrected chi connectivity index (χ0v) is 23.9. The molecule has 2 aromatic heterocycles. The van der Waals surface area contributed by atoms with E-state index in [-0.39, 0.29) is 5.56 Å². The number of tetrazole rings is 1. The van der Waals surface area contributed by atoms with Crippen molar-refractivity contribution in [2.75, 3.05) is 0 Å². The molecule has 0 N–H and O–H groups in total. The number of aromatic nitrogens is 5. The number of aryl methyl sites for hydroxylation is 1. The van der Waals surface area contributed by atoms with Gasteiger partial charge in [0.1, 0.15) is 5.69 Å². The van der Waals surface area contributed by atoms with Gasteiger partial charge in [-0.15, -0.1) is 15.0 Å². The molecular formula is C37H29N5O. The normalized spacial score (nSPS) is 11.6. The lowest BCUT2D eigenvalue weighted by Crippen LogP contribution is -2.39. The van der Waals surface area contributed by atoms with Crippen molar-refractivity contribution in [2.24, 2.45) is 7.05 Å². The number of hydrogen-bond donors (Lipinski definition) is 0. The number of nitrogens with zero attached hydrogens (tertiary/aromatic N) is 5. The van der Waals surface area contributed by atoms with Gasteiger partial charge in [0.05, 0.1) is 0 Å². The molecule has 0 unspecified atom stereocenters. The number of benzene rings is 5. The average Bonchev–Trinajstić information content (AvgIpc) is 3.55. The molecule has 0 spiro atoms. The lowest BCUT2D eigenvalue weighted by atomic mass is 9.77. The summed E-state index contributed by atoms with van der Waals surface area (Å²) in [5.74, 6) is 0.369. The summed E-state index contributed by atoms with van der Waals surface area (Å²) in [4.78, 5) is 15.4. The molecule has 0 aliphatic heterocycles. The molecule has 7 aromatic rings. The first-order valence-corrected chi connectivity index (χ1v) is 14.3. The van der Waals surface area contributed by atoms with E-state index in [9.17, 15) is 4.79 Å². The van der Waals surface area contributed by atoms with Gasteiger partial charge in [-0.25, -0.2) is 0 Å². The van der Waals surface area contributed by atoms with E-state index >= 15 is 0 Å². The zero-order chi connectivity index (χ0) is 29.4. The molecule has 43 heavy (non-hydrogen) atoms. The number of rotatable bonds is 6. The highest BCUT2D eigenvalue weighted by molar-refractivity contribution is 6.01. The third kappa shape index (κ3) is 4.27. The first-order chi connectivity index (χ1) is 21.1. The third-order valence-corrected chi connectivity index (χ3v) is 8.14. The molecule has 0 radical (unpaired) electrons. The van der Waals surface area contributed by atoms with Crippen molar-refractivity contribution in [2.45, 2.75) is 12.5 Å². The van der Waals surface area contributed by atoms with Crippen LogP contribution in [0.4, 0.5) is 0 Å². The number of fused-ring (bicyclic) bond motifs is 1. The summed E-state index contributed by atoms with van der Waals surface area (Å²) in [6.45, 7) is 2.06. The van der Waals surface area contributed by atoms with E-state index in [2.05, 4.69) is 72.7 Å². The van der Waals surface area contributed by atoms with E-state index in [1.807, 2.05) is 78.9 Å². The SMILES string of the molecule is Cc1ccc(-c2c(-c3nnn(C(c4ccccc4)(c4ccccc4)c4ccccc4)n3)n(C)c(=O)c3ccccc23)cc1. The molecule has 0 aliphatic rings. The molecule has 0 saturated heterocycles. The fourth-order valence-electron chi connectivity index (χ4n) is 6.08. The monoisotopic (exact) mass is 559 g/mol. The molecule has 6 nitrogen and oxygen atoms in total. The molecule has 0 atom stereocenters. The summed E-state index contributed by atoms with van der Waals surface area (Å²) in [5, 5.41) is 16.0. The minimum Gasteiger partial charge on any atom is -0.307 e. The van der Waals surface area contributed by atoms with E-state index in [0.29, 0.717) is 16.9 Å². The second-order valence-corrected chi connectivity index (χ2v) is 10.7. The van der Waals surface area contributed by atoms with Crippen molar-refractivity contribution in [1.29, 1.82) is 0 Å². The van der Waals surface area contributed by atoms with Gasteiger partial charge in [0, 0.05) is 18.0 Å². The largest absolute Gasteiger partial charge is 0.307 e. The van der Waals surface area contributed by atoms with Crippen molar-refractivity contribution in [1.82, 2.24) is 24.8 Å². The number of hydrogen-bond acceptors (Lipinski definition) is 4. The molecule has 0 aliphatic carbocycles. The molecule has 0 amide bonds. The van der Waals surface area contributed by atoms with E-state index in [1.54, 1.807) is 16.4 Å². The van der Waals surface area contributed by atoms with Crippen LogP contribution in [0.1, 0.15) is 22.3 Å². The van der Waals surface area contributed by atoms with Crippen molar-refractivity contribution in [3.8, 4) is 22.6 Å². The Morgan fingerprint density at radius 1 is 0.605 bits per heavy atom. The Bertz CT molecular complexity index is 2000. The van der Waals surface area contributed by atoms with E-state index in [4.69, 9.17) is 10.3 Å². The Kier molecular flexibility index (Phi) is 6.51. The minimum absolute atomic E-state index is 0.113. The van der Waals surface area contributed by atoms with Crippen molar-refractivity contribution < 1.29 is 0 Å². The van der Waals surface area contributed by atoms with Crippen LogP contribution >= 0.6 is 0 Å². The van der Waals surface area contributed by atoms with Crippen molar-refractivity contribution >= 4 is 10.8 Å². The van der Waals surface area contributed by atoms with E-state index < -0.39 is 5.54 Å². The molecule has 7 rings (SSSR count). The fourth-order valence-corrected chi connectivity index (χ4v) is 6.08. The summed E-state index contributed by atoms with van der Waals surface area (Å²) < 4.78 is 1.65. The van der Waals surface area contributed by atoms with Gasteiger partial charge in [0.15, 0.2) is 5.54 Å². The van der Waals surface area contributed by atoms with Gasteiger partial charge in [-0.1, -0.05) is 139 Å². The first kappa shape index (κ1) is 26.3. The highest BCUT2D eigenvalue weighted by atomic mass is 16.1. The summed E-state index contributed by atoms with van der Waals surface area (Å²) in [6, 6.07) is 46.7. The lowest BCUT2D eigenvalue weighted by molar-refractivity contribution is 0.395. The molecule has 0 bridgehead atoms. The van der Waals surface area contributed by atoms with Crippen LogP contribution < -0.4 is 5.56 Å². The van der Waals surface area contributed by atoms with Crippen LogP contribution in [0.5, 0.6) is 0 Å². The van der Waals surface area contributed by atoms with Gasteiger partial charge in [-0.2, -0.15) is 0 Å². The standard InChI is InChI=1S/C37H29N5O/c1-26-22-24-27(25-23-26)33-31-20-12-13-21-32(31)36(43)41(2)34(33)35-38-40-42(39-35)37(28-14-6-3-7-15-28,29-16-8-4-9-17-29)30-18-10-5-11-19-30/h3-25H,1-2H3. The van der Waals surface area contributed by atoms with Gasteiger partial charge in [0.2, 0.25) is 5.82 Å². The van der Waals surface area contributed by atoms with Gasteiger partial charge in [-0.05, 0) is 45.8 Å². The Balaban J connectivity index is 1.56. The maximum atomic E-state index is 13.7. The highest BCUT2D eigenvalue weighted by Gasteiger charge is 2.41. The number of pyridine rings is 1. The quantitative estimate of drug-likeness (QED) is 0.206. The molecule has 6 heteroatoms. The second kappa shape index (κ2) is 10.7. The van der Waals surface area contributed by atoms with Crippen LogP contribution in [0.3, 0.4) is 0 Å². The summed E-state index contributed by atoms with van der Waals surface area (Å²) in [5.41, 5.74) is 5.56. The predicted molar refractivity (Wildman–Crippen MR) is 171 cm³/mol. The maximum absolute atomic E-state index is 13.7. The summed E-state index contributed by atoms with van der Waals surface area (Å²) >= 11 is 0. The smallest absolute Gasteiger partial charge is 0.258 e. The topological polar surface area (TPSA) is 65.6 Å². The van der Waals surface area contributed by atoms with Crippen molar-refractivity contribution in [3.05, 3.63) is 172 Å². The molecule has 208 valence electrons. The molecule has 0 fully saturated rings. The molecular weight excluding hydrogens is 530 g/mol. The van der Waals surface area contributed by atoms with Crippen LogP contribution in [0, 0.1) is 6.92 Å². The first-order valence-electron chi connectivity index (χ1n) is 14.3. The summed E-state index contributed by atoms with van der Waals surface area (Å²) in [6.07, 6.45) is 0.